The molecule has 0 fully saturated rings. The van der Waals surface area contributed by atoms with Gasteiger partial charge in [0.25, 0.3) is 0 Å². The topological polar surface area (TPSA) is 132 Å². The summed E-state index contributed by atoms with van der Waals surface area (Å²) in [6.07, 6.45) is -1.86. The van der Waals surface area contributed by atoms with Crippen LogP contribution in [0.25, 0.3) is 0 Å². The molecule has 0 saturated carbocycles. The summed E-state index contributed by atoms with van der Waals surface area (Å²) in [4.78, 5) is 36.5. The Morgan fingerprint density at radius 1 is 0.958 bits per heavy atom. The molecule has 24 heavy (non-hydrogen) atoms. The Morgan fingerprint density at radius 2 is 1.62 bits per heavy atom. The molecule has 1 aliphatic rings. The molecule has 2 aromatic carbocycles. The summed E-state index contributed by atoms with van der Waals surface area (Å²) in [7, 11) is 0. The lowest BCUT2D eigenvalue weighted by Crippen LogP contribution is -2.22. The highest BCUT2D eigenvalue weighted by molar-refractivity contribution is 6.30. The SMILES string of the molecule is CC(=O)C(O)c1c(O)cc2c(c1O)C(=O)c1c(O)cccc1C2=O. The maximum absolute atomic E-state index is 12.6. The van der Waals surface area contributed by atoms with Crippen LogP contribution < -0.4 is 0 Å². The second-order valence-corrected chi connectivity index (χ2v) is 5.45. The monoisotopic (exact) mass is 328 g/mol. The molecule has 1 aliphatic carbocycles. The predicted molar refractivity (Wildman–Crippen MR) is 80.4 cm³/mol. The number of aromatic hydroxyl groups is 3. The van der Waals surface area contributed by atoms with Crippen molar-refractivity contribution >= 4 is 17.3 Å². The van der Waals surface area contributed by atoms with Crippen molar-refractivity contribution in [3.05, 3.63) is 52.1 Å². The summed E-state index contributed by atoms with van der Waals surface area (Å²) in [6, 6.07) is 4.87. The van der Waals surface area contributed by atoms with E-state index in [4.69, 9.17) is 0 Å². The largest absolute Gasteiger partial charge is 0.507 e. The number of phenolic OH excluding ortho intramolecular Hbond substituents is 3. The van der Waals surface area contributed by atoms with Crippen molar-refractivity contribution in [3.8, 4) is 17.2 Å². The van der Waals surface area contributed by atoms with Crippen molar-refractivity contribution in [1.82, 2.24) is 0 Å². The molecule has 2 aromatic rings. The van der Waals surface area contributed by atoms with E-state index in [1.807, 2.05) is 0 Å². The van der Waals surface area contributed by atoms with E-state index in [-0.39, 0.29) is 16.7 Å². The first-order chi connectivity index (χ1) is 11.3. The average molecular weight is 328 g/mol. The number of ketones is 3. The van der Waals surface area contributed by atoms with Gasteiger partial charge in [0.15, 0.2) is 11.6 Å². The average Bonchev–Trinajstić information content (AvgIpc) is 2.51. The quantitative estimate of drug-likeness (QED) is 0.555. The molecule has 0 spiro atoms. The van der Waals surface area contributed by atoms with Gasteiger partial charge >= 0.3 is 0 Å². The van der Waals surface area contributed by atoms with E-state index in [1.54, 1.807) is 0 Å². The Balaban J connectivity index is 2.35. The molecule has 122 valence electrons. The lowest BCUT2D eigenvalue weighted by Gasteiger charge is -2.22. The molecule has 4 N–H and O–H groups in total. The second-order valence-electron chi connectivity index (χ2n) is 5.45. The summed E-state index contributed by atoms with van der Waals surface area (Å²) >= 11 is 0. The van der Waals surface area contributed by atoms with Crippen molar-refractivity contribution in [2.45, 2.75) is 13.0 Å². The number of benzene rings is 2. The number of rotatable bonds is 2. The first kappa shape index (κ1) is 15.7. The molecular weight excluding hydrogens is 316 g/mol. The molecule has 1 atom stereocenters. The van der Waals surface area contributed by atoms with E-state index < -0.39 is 51.8 Å². The van der Waals surface area contributed by atoms with Crippen molar-refractivity contribution in [2.24, 2.45) is 0 Å². The van der Waals surface area contributed by atoms with Gasteiger partial charge in [-0.15, -0.1) is 0 Å². The van der Waals surface area contributed by atoms with Gasteiger partial charge in [-0.3, -0.25) is 14.4 Å². The fourth-order valence-corrected chi connectivity index (χ4v) is 2.79. The van der Waals surface area contributed by atoms with Crippen LogP contribution >= 0.6 is 0 Å². The zero-order chi connectivity index (χ0) is 17.8. The highest BCUT2D eigenvalue weighted by Gasteiger charge is 2.37. The fraction of sp³-hybridized carbons (Fsp3) is 0.118. The van der Waals surface area contributed by atoms with Crippen LogP contribution in [0.15, 0.2) is 24.3 Å². The summed E-state index contributed by atoms with van der Waals surface area (Å²) in [5.41, 5.74) is -1.64. The molecule has 7 nitrogen and oxygen atoms in total. The summed E-state index contributed by atoms with van der Waals surface area (Å²) in [5.74, 6) is -4.26. The van der Waals surface area contributed by atoms with Crippen molar-refractivity contribution in [1.29, 1.82) is 0 Å². The molecule has 0 bridgehead atoms. The van der Waals surface area contributed by atoms with E-state index in [1.165, 1.54) is 18.2 Å². The molecule has 0 amide bonds. The molecule has 1 unspecified atom stereocenters. The van der Waals surface area contributed by atoms with Crippen molar-refractivity contribution < 1.29 is 34.8 Å². The van der Waals surface area contributed by atoms with Gasteiger partial charge < -0.3 is 20.4 Å². The molecule has 3 rings (SSSR count). The number of aliphatic hydroxyl groups excluding tert-OH is 1. The van der Waals surface area contributed by atoms with Crippen LogP contribution in [-0.2, 0) is 4.79 Å². The zero-order valence-corrected chi connectivity index (χ0v) is 12.4. The van der Waals surface area contributed by atoms with Crippen LogP contribution in [0.3, 0.4) is 0 Å². The van der Waals surface area contributed by atoms with Gasteiger partial charge in [0.05, 0.1) is 16.7 Å². The third kappa shape index (κ3) is 1.99. The number of carbonyl (C=O) groups is 3. The maximum atomic E-state index is 12.6. The highest BCUT2D eigenvalue weighted by Crippen LogP contribution is 2.43. The number of phenols is 3. The third-order valence-electron chi connectivity index (χ3n) is 3.96. The minimum atomic E-state index is -1.86. The van der Waals surface area contributed by atoms with Gasteiger partial charge in [-0.1, -0.05) is 12.1 Å². The Bertz CT molecular complexity index is 927. The molecule has 0 aliphatic heterocycles. The molecule has 0 radical (unpaired) electrons. The number of Topliss-reactive ketones (excluding diaryl/α,β-unsaturated/α-hetero) is 1. The second kappa shape index (κ2) is 5.17. The van der Waals surface area contributed by atoms with E-state index in [2.05, 4.69) is 0 Å². The number of carbonyl (C=O) groups excluding carboxylic acids is 3. The predicted octanol–water partition coefficient (Wildman–Crippen LogP) is 1.20. The number of fused-ring (bicyclic) bond motifs is 2. The minimum absolute atomic E-state index is 0.0637. The molecule has 0 aromatic heterocycles. The molecule has 0 heterocycles. The van der Waals surface area contributed by atoms with Crippen LogP contribution in [0.2, 0.25) is 0 Å². The lowest BCUT2D eigenvalue weighted by molar-refractivity contribution is -0.125. The van der Waals surface area contributed by atoms with Crippen molar-refractivity contribution in [2.75, 3.05) is 0 Å². The summed E-state index contributed by atoms with van der Waals surface area (Å²) in [6.45, 7) is 1.04. The summed E-state index contributed by atoms with van der Waals surface area (Å²) in [5, 5.41) is 40.0. The van der Waals surface area contributed by atoms with Crippen LogP contribution in [0, 0.1) is 0 Å². The van der Waals surface area contributed by atoms with Crippen LogP contribution in [0.4, 0.5) is 0 Å². The van der Waals surface area contributed by atoms with Crippen LogP contribution in [0.1, 0.15) is 50.4 Å². The normalized spacial score (nSPS) is 14.1. The molecular formula is C17H12O7. The van der Waals surface area contributed by atoms with Gasteiger partial charge in [0, 0.05) is 11.1 Å². The van der Waals surface area contributed by atoms with Gasteiger partial charge in [-0.25, -0.2) is 0 Å². The smallest absolute Gasteiger partial charge is 0.201 e. The molecule has 7 heteroatoms. The van der Waals surface area contributed by atoms with E-state index in [0.717, 1.165) is 13.0 Å². The Morgan fingerprint density at radius 3 is 2.25 bits per heavy atom. The van der Waals surface area contributed by atoms with Gasteiger partial charge in [0.2, 0.25) is 5.78 Å². The van der Waals surface area contributed by atoms with Gasteiger partial charge in [-0.2, -0.15) is 0 Å². The number of aliphatic hydroxyl groups is 1. The summed E-state index contributed by atoms with van der Waals surface area (Å²) < 4.78 is 0. The first-order valence-electron chi connectivity index (χ1n) is 6.94. The Hall–Kier alpha value is -3.19. The van der Waals surface area contributed by atoms with Gasteiger partial charge in [-0.05, 0) is 19.1 Å². The number of hydrogen-bond donors (Lipinski definition) is 4. The standard InChI is InChI=1S/C17H12O7/c1-6(18)14(21)13-10(20)5-8-12(17(13)24)16(23)11-7(15(8)22)3-2-4-9(11)19/h2-5,14,19-21,24H,1H3. The zero-order valence-electron chi connectivity index (χ0n) is 12.4. The van der Waals surface area contributed by atoms with Crippen LogP contribution in [0.5, 0.6) is 17.2 Å². The third-order valence-corrected chi connectivity index (χ3v) is 3.96. The first-order valence-corrected chi connectivity index (χ1v) is 6.94. The lowest BCUT2D eigenvalue weighted by atomic mass is 9.81. The van der Waals surface area contributed by atoms with Crippen molar-refractivity contribution in [3.63, 3.8) is 0 Å². The minimum Gasteiger partial charge on any atom is -0.507 e. The maximum Gasteiger partial charge on any atom is 0.201 e. The Kier molecular flexibility index (Phi) is 3.38. The highest BCUT2D eigenvalue weighted by atomic mass is 16.3. The number of hydrogen-bond acceptors (Lipinski definition) is 7. The van der Waals surface area contributed by atoms with E-state index in [0.29, 0.717) is 0 Å². The molecule has 0 saturated heterocycles. The van der Waals surface area contributed by atoms with E-state index >= 15 is 0 Å². The Labute approximate surface area is 135 Å². The fourth-order valence-electron chi connectivity index (χ4n) is 2.79. The van der Waals surface area contributed by atoms with Gasteiger partial charge in [0.1, 0.15) is 23.4 Å². The van der Waals surface area contributed by atoms with Crippen LogP contribution in [-0.4, -0.2) is 37.8 Å². The van der Waals surface area contributed by atoms with E-state index in [9.17, 15) is 34.8 Å².